The van der Waals surface area contributed by atoms with E-state index in [0.717, 1.165) is 6.08 Å². The van der Waals surface area contributed by atoms with Crippen LogP contribution in [0.2, 0.25) is 0 Å². The molecule has 0 radical (unpaired) electrons. The van der Waals surface area contributed by atoms with Crippen molar-refractivity contribution in [3.05, 3.63) is 11.6 Å². The second kappa shape index (κ2) is 3.73. The van der Waals surface area contributed by atoms with Crippen LogP contribution in [0.4, 0.5) is 13.2 Å². The molecule has 0 aliphatic rings. The molecule has 0 spiro atoms. The third kappa shape index (κ3) is 4.00. The van der Waals surface area contributed by atoms with Crippen molar-refractivity contribution in [3.8, 4) is 0 Å². The number of alkyl halides is 3. The van der Waals surface area contributed by atoms with Gasteiger partial charge in [0.15, 0.2) is 0 Å². The fourth-order valence-corrected chi connectivity index (χ4v) is 0.570. The molecule has 0 aromatic rings. The highest BCUT2D eigenvalue weighted by Gasteiger charge is 2.37. The van der Waals surface area contributed by atoms with E-state index in [9.17, 15) is 13.2 Å². The lowest BCUT2D eigenvalue weighted by atomic mass is 10.2. The van der Waals surface area contributed by atoms with E-state index < -0.39 is 12.2 Å². The lowest BCUT2D eigenvalue weighted by Gasteiger charge is -2.15. The highest BCUT2D eigenvalue weighted by atomic mass is 19.4. The summed E-state index contributed by atoms with van der Waals surface area (Å²) in [6.07, 6.45) is -3.29. The van der Waals surface area contributed by atoms with Crippen LogP contribution in [0.3, 0.4) is 0 Å². The molecular formula is C6H11F3N2. The topological polar surface area (TPSA) is 38.0 Å². The van der Waals surface area contributed by atoms with E-state index in [1.807, 2.05) is 0 Å². The van der Waals surface area contributed by atoms with Crippen LogP contribution in [0.25, 0.3) is 0 Å². The number of rotatable bonds is 2. The van der Waals surface area contributed by atoms with Crippen molar-refractivity contribution in [1.82, 2.24) is 5.43 Å². The van der Waals surface area contributed by atoms with Crippen molar-refractivity contribution in [2.45, 2.75) is 26.1 Å². The zero-order chi connectivity index (χ0) is 9.07. The average Bonchev–Trinajstić information content (AvgIpc) is 1.79. The van der Waals surface area contributed by atoms with Gasteiger partial charge in [-0.3, -0.25) is 5.84 Å². The summed E-state index contributed by atoms with van der Waals surface area (Å²) >= 11 is 0. The van der Waals surface area contributed by atoms with E-state index in [0.29, 0.717) is 5.57 Å². The summed E-state index contributed by atoms with van der Waals surface area (Å²) in [4.78, 5) is 0. The molecule has 0 aliphatic carbocycles. The van der Waals surface area contributed by atoms with Crippen molar-refractivity contribution < 1.29 is 13.2 Å². The van der Waals surface area contributed by atoms with Gasteiger partial charge < -0.3 is 0 Å². The van der Waals surface area contributed by atoms with Crippen LogP contribution in [0.5, 0.6) is 0 Å². The SMILES string of the molecule is CC(C)=CC(NN)C(F)(F)F. The first kappa shape index (κ1) is 10.4. The van der Waals surface area contributed by atoms with Crippen molar-refractivity contribution in [2.75, 3.05) is 0 Å². The Kier molecular flexibility index (Phi) is 3.54. The summed E-state index contributed by atoms with van der Waals surface area (Å²) in [5.74, 6) is 4.69. The highest BCUT2D eigenvalue weighted by Crippen LogP contribution is 2.21. The maximum Gasteiger partial charge on any atom is 0.408 e. The Hall–Kier alpha value is -0.550. The van der Waals surface area contributed by atoms with Gasteiger partial charge in [-0.2, -0.15) is 13.2 Å². The van der Waals surface area contributed by atoms with Crippen molar-refractivity contribution >= 4 is 0 Å². The summed E-state index contributed by atoms with van der Waals surface area (Å²) in [5.41, 5.74) is 2.25. The Morgan fingerprint density at radius 1 is 1.45 bits per heavy atom. The molecule has 0 bridgehead atoms. The molecule has 1 atom stereocenters. The Bertz CT molecular complexity index is 146. The summed E-state index contributed by atoms with van der Waals surface area (Å²) < 4.78 is 35.7. The van der Waals surface area contributed by atoms with Crippen LogP contribution in [-0.2, 0) is 0 Å². The predicted molar refractivity (Wildman–Crippen MR) is 36.6 cm³/mol. The molecule has 0 rings (SSSR count). The fraction of sp³-hybridized carbons (Fsp3) is 0.667. The van der Waals surface area contributed by atoms with Gasteiger partial charge in [-0.05, 0) is 13.8 Å². The summed E-state index contributed by atoms with van der Waals surface area (Å²) in [6.45, 7) is 3.16. The smallest absolute Gasteiger partial charge is 0.271 e. The molecule has 0 saturated carbocycles. The number of nitrogens with one attached hydrogen (secondary N) is 1. The monoisotopic (exact) mass is 168 g/mol. The number of hydrogen-bond acceptors (Lipinski definition) is 2. The van der Waals surface area contributed by atoms with E-state index in [2.05, 4.69) is 0 Å². The Balaban J connectivity index is 4.31. The lowest BCUT2D eigenvalue weighted by molar-refractivity contribution is -0.144. The largest absolute Gasteiger partial charge is 0.408 e. The van der Waals surface area contributed by atoms with E-state index >= 15 is 0 Å². The third-order valence-electron chi connectivity index (χ3n) is 1.03. The Morgan fingerprint density at radius 3 is 2.00 bits per heavy atom. The van der Waals surface area contributed by atoms with Gasteiger partial charge in [0.2, 0.25) is 0 Å². The van der Waals surface area contributed by atoms with Gasteiger partial charge >= 0.3 is 6.18 Å². The van der Waals surface area contributed by atoms with Crippen LogP contribution in [0.1, 0.15) is 13.8 Å². The van der Waals surface area contributed by atoms with Crippen molar-refractivity contribution in [3.63, 3.8) is 0 Å². The first-order valence-electron chi connectivity index (χ1n) is 3.05. The molecule has 0 fully saturated rings. The lowest BCUT2D eigenvalue weighted by Crippen LogP contribution is -2.44. The molecule has 0 amide bonds. The second-order valence-corrected chi connectivity index (χ2v) is 2.43. The third-order valence-corrected chi connectivity index (χ3v) is 1.03. The van der Waals surface area contributed by atoms with Gasteiger partial charge in [0.05, 0.1) is 0 Å². The molecule has 66 valence electrons. The first-order chi connectivity index (χ1) is 4.88. The zero-order valence-corrected chi connectivity index (χ0v) is 6.37. The molecule has 0 aromatic heterocycles. The van der Waals surface area contributed by atoms with Crippen molar-refractivity contribution in [2.24, 2.45) is 5.84 Å². The highest BCUT2D eigenvalue weighted by molar-refractivity contribution is 5.03. The maximum absolute atomic E-state index is 11.9. The molecule has 0 saturated heterocycles. The molecule has 0 aromatic carbocycles. The van der Waals surface area contributed by atoms with Crippen LogP contribution in [0.15, 0.2) is 11.6 Å². The van der Waals surface area contributed by atoms with Gasteiger partial charge in [0, 0.05) is 0 Å². The molecule has 0 aliphatic heterocycles. The van der Waals surface area contributed by atoms with Gasteiger partial charge in [-0.1, -0.05) is 11.6 Å². The van der Waals surface area contributed by atoms with E-state index in [4.69, 9.17) is 5.84 Å². The summed E-state index contributed by atoms with van der Waals surface area (Å²) in [6, 6.07) is -1.74. The normalized spacial score (nSPS) is 14.4. The second-order valence-electron chi connectivity index (χ2n) is 2.43. The maximum atomic E-state index is 11.9. The average molecular weight is 168 g/mol. The number of hydrogen-bond donors (Lipinski definition) is 2. The quantitative estimate of drug-likeness (QED) is 0.371. The molecule has 2 nitrogen and oxygen atoms in total. The molecule has 1 unspecified atom stereocenters. The van der Waals surface area contributed by atoms with E-state index in [1.165, 1.54) is 0 Å². The minimum atomic E-state index is -4.31. The van der Waals surface area contributed by atoms with Crippen LogP contribution >= 0.6 is 0 Å². The zero-order valence-electron chi connectivity index (χ0n) is 6.37. The van der Waals surface area contributed by atoms with E-state index in [1.54, 1.807) is 19.3 Å². The molecule has 3 N–H and O–H groups in total. The fourth-order valence-electron chi connectivity index (χ4n) is 0.570. The number of hydrazine groups is 1. The van der Waals surface area contributed by atoms with E-state index in [-0.39, 0.29) is 0 Å². The first-order valence-corrected chi connectivity index (χ1v) is 3.05. The van der Waals surface area contributed by atoms with Crippen LogP contribution in [0, 0.1) is 0 Å². The number of allylic oxidation sites excluding steroid dienone is 1. The number of nitrogens with two attached hydrogens (primary N) is 1. The number of halogens is 3. The van der Waals surface area contributed by atoms with Gasteiger partial charge in [0.25, 0.3) is 0 Å². The molecule has 11 heavy (non-hydrogen) atoms. The summed E-state index contributed by atoms with van der Waals surface area (Å²) in [7, 11) is 0. The van der Waals surface area contributed by atoms with Crippen molar-refractivity contribution in [1.29, 1.82) is 0 Å². The molecular weight excluding hydrogens is 157 g/mol. The van der Waals surface area contributed by atoms with Crippen LogP contribution < -0.4 is 11.3 Å². The standard InChI is InChI=1S/C6H11F3N2/c1-4(2)3-5(11-10)6(7,8)9/h3,5,11H,10H2,1-2H3. The molecule has 5 heteroatoms. The van der Waals surface area contributed by atoms with Crippen LogP contribution in [-0.4, -0.2) is 12.2 Å². The Morgan fingerprint density at radius 2 is 1.91 bits per heavy atom. The van der Waals surface area contributed by atoms with Gasteiger partial charge in [-0.15, -0.1) is 0 Å². The minimum Gasteiger partial charge on any atom is -0.271 e. The van der Waals surface area contributed by atoms with Gasteiger partial charge in [0.1, 0.15) is 6.04 Å². The molecule has 0 heterocycles. The Labute approximate surface area is 63.2 Å². The minimum absolute atomic E-state index is 0.574. The van der Waals surface area contributed by atoms with Gasteiger partial charge in [-0.25, -0.2) is 5.43 Å². The predicted octanol–water partition coefficient (Wildman–Crippen LogP) is 1.35. The summed E-state index contributed by atoms with van der Waals surface area (Å²) in [5, 5.41) is 0.